The van der Waals surface area contributed by atoms with Crippen LogP contribution in [0.2, 0.25) is 0 Å². The molecule has 0 N–H and O–H groups in total. The van der Waals surface area contributed by atoms with E-state index in [-0.39, 0.29) is 10.4 Å². The number of pyridine rings is 1. The van der Waals surface area contributed by atoms with E-state index in [4.69, 9.17) is 9.51 Å². The predicted molar refractivity (Wildman–Crippen MR) is 108 cm³/mol. The van der Waals surface area contributed by atoms with Gasteiger partial charge in [0.25, 0.3) is 15.9 Å². The second kappa shape index (κ2) is 7.28. The fourth-order valence-corrected chi connectivity index (χ4v) is 5.66. The third-order valence-corrected chi connectivity index (χ3v) is 7.95. The Bertz CT molecular complexity index is 1130. The zero-order chi connectivity index (χ0) is 20.8. The molecule has 0 radical (unpaired) electrons. The van der Waals surface area contributed by atoms with Crippen molar-refractivity contribution in [1.29, 1.82) is 0 Å². The molecular weight excluding hydrogens is 404 g/mol. The van der Waals surface area contributed by atoms with Gasteiger partial charge >= 0.3 is 0 Å². The summed E-state index contributed by atoms with van der Waals surface area (Å²) in [5.41, 5.74) is 0.576. The molecule has 1 saturated carbocycles. The molecule has 0 aromatic carbocycles. The predicted octanol–water partition coefficient (Wildman–Crippen LogP) is 2.39. The molecule has 0 spiro atoms. The Morgan fingerprint density at radius 1 is 1.20 bits per heavy atom. The van der Waals surface area contributed by atoms with Crippen molar-refractivity contribution in [2.24, 2.45) is 13.0 Å². The van der Waals surface area contributed by atoms with Gasteiger partial charge in [0.05, 0.1) is 6.33 Å². The monoisotopic (exact) mass is 428 g/mol. The molecule has 0 amide bonds. The summed E-state index contributed by atoms with van der Waals surface area (Å²) < 4.78 is 34.7. The molecule has 2 fully saturated rings. The van der Waals surface area contributed by atoms with Crippen molar-refractivity contribution >= 4 is 10.0 Å². The highest BCUT2D eigenvalue weighted by atomic mass is 32.2. The molecule has 1 aliphatic carbocycles. The number of piperidine rings is 1. The van der Waals surface area contributed by atoms with E-state index >= 15 is 0 Å². The van der Waals surface area contributed by atoms with E-state index in [9.17, 15) is 8.42 Å². The molecule has 4 heterocycles. The quantitative estimate of drug-likeness (QED) is 0.593. The topological polar surface area (TPSA) is 107 Å². The summed E-state index contributed by atoms with van der Waals surface area (Å²) in [4.78, 5) is 12.8. The van der Waals surface area contributed by atoms with Crippen molar-refractivity contribution in [3.8, 4) is 11.5 Å². The SMILES string of the molecule is Cn1cnc(S(=O)(=O)N2CCC(CC3CC3)(c3noc(-c4ccncc4)n3)CC2)c1. The summed E-state index contributed by atoms with van der Waals surface area (Å²) in [6, 6.07) is 3.68. The van der Waals surface area contributed by atoms with E-state index in [1.54, 1.807) is 30.2 Å². The van der Waals surface area contributed by atoms with Crippen molar-refractivity contribution in [1.82, 2.24) is 29.0 Å². The lowest BCUT2D eigenvalue weighted by molar-refractivity contribution is 0.198. The van der Waals surface area contributed by atoms with Gasteiger partial charge in [0.1, 0.15) is 0 Å². The van der Waals surface area contributed by atoms with Crippen LogP contribution < -0.4 is 0 Å². The lowest BCUT2D eigenvalue weighted by Gasteiger charge is -2.39. The molecule has 3 aromatic rings. The number of imidazole rings is 1. The summed E-state index contributed by atoms with van der Waals surface area (Å²) >= 11 is 0. The number of hydrogen-bond donors (Lipinski definition) is 0. The molecule has 1 aliphatic heterocycles. The Morgan fingerprint density at radius 3 is 2.57 bits per heavy atom. The number of nitrogens with zero attached hydrogens (tertiary/aromatic N) is 6. The highest BCUT2D eigenvalue weighted by molar-refractivity contribution is 7.89. The van der Waals surface area contributed by atoms with Crippen LogP contribution in [0.25, 0.3) is 11.5 Å². The van der Waals surface area contributed by atoms with Crippen LogP contribution in [0.5, 0.6) is 0 Å². The molecule has 0 atom stereocenters. The highest BCUT2D eigenvalue weighted by Gasteiger charge is 2.46. The summed E-state index contributed by atoms with van der Waals surface area (Å²) in [7, 11) is -1.83. The standard InChI is InChI=1S/C20H24N6O3S/c1-25-13-17(22-14-25)30(27,28)26-10-6-20(7-11-26,12-15-2-3-15)19-23-18(29-24-19)16-4-8-21-9-5-16/h4-5,8-9,13-15H,2-3,6-7,10-12H2,1H3. The number of rotatable bonds is 6. The zero-order valence-electron chi connectivity index (χ0n) is 16.8. The summed E-state index contributed by atoms with van der Waals surface area (Å²) in [5.74, 6) is 1.83. The molecule has 0 bridgehead atoms. The second-order valence-corrected chi connectivity index (χ2v) is 10.3. The Hall–Kier alpha value is -2.59. The van der Waals surface area contributed by atoms with E-state index in [1.165, 1.54) is 23.5 Å². The Morgan fingerprint density at radius 2 is 1.93 bits per heavy atom. The lowest BCUT2D eigenvalue weighted by Crippen LogP contribution is -2.46. The van der Waals surface area contributed by atoms with Crippen LogP contribution in [0.3, 0.4) is 0 Å². The van der Waals surface area contributed by atoms with Crippen molar-refractivity contribution in [2.45, 2.75) is 42.5 Å². The van der Waals surface area contributed by atoms with Gasteiger partial charge in [-0.2, -0.15) is 9.29 Å². The van der Waals surface area contributed by atoms with Crippen LogP contribution >= 0.6 is 0 Å². The highest BCUT2D eigenvalue weighted by Crippen LogP contribution is 2.47. The van der Waals surface area contributed by atoms with E-state index in [0.29, 0.717) is 43.6 Å². The molecule has 1 saturated heterocycles. The first-order valence-electron chi connectivity index (χ1n) is 10.2. The van der Waals surface area contributed by atoms with Crippen molar-refractivity contribution in [3.05, 3.63) is 42.9 Å². The van der Waals surface area contributed by atoms with Gasteiger partial charge in [-0.25, -0.2) is 13.4 Å². The van der Waals surface area contributed by atoms with Gasteiger partial charge in [0, 0.05) is 49.7 Å². The Kier molecular flexibility index (Phi) is 4.70. The molecule has 0 unspecified atom stereocenters. The molecule has 158 valence electrons. The smallest absolute Gasteiger partial charge is 0.262 e. The summed E-state index contributed by atoms with van der Waals surface area (Å²) in [6.45, 7) is 0.843. The second-order valence-electron chi connectivity index (χ2n) is 8.37. The first-order chi connectivity index (χ1) is 14.5. The van der Waals surface area contributed by atoms with Gasteiger partial charge in [-0.05, 0) is 37.3 Å². The Labute approximate surface area is 175 Å². The molecule has 10 heteroatoms. The van der Waals surface area contributed by atoms with Crippen molar-refractivity contribution in [3.63, 3.8) is 0 Å². The molecule has 9 nitrogen and oxygen atoms in total. The van der Waals surface area contributed by atoms with E-state index < -0.39 is 10.0 Å². The summed E-state index contributed by atoms with van der Waals surface area (Å²) in [5, 5.41) is 4.42. The van der Waals surface area contributed by atoms with Crippen LogP contribution in [0, 0.1) is 5.92 Å². The van der Waals surface area contributed by atoms with Gasteiger partial charge in [0.2, 0.25) is 0 Å². The van der Waals surface area contributed by atoms with Crippen molar-refractivity contribution in [2.75, 3.05) is 13.1 Å². The average Bonchev–Trinajstić information content (AvgIpc) is 3.23. The number of aromatic nitrogens is 5. The third-order valence-electron chi connectivity index (χ3n) is 6.17. The number of sulfonamides is 1. The van der Waals surface area contributed by atoms with Crippen LogP contribution in [-0.2, 0) is 22.5 Å². The minimum absolute atomic E-state index is 0.0965. The molecular formula is C20H24N6O3S. The minimum Gasteiger partial charge on any atom is -0.339 e. The van der Waals surface area contributed by atoms with E-state index in [0.717, 1.165) is 12.0 Å². The molecule has 3 aromatic heterocycles. The normalized spacial score (nSPS) is 19.8. The largest absolute Gasteiger partial charge is 0.339 e. The third kappa shape index (κ3) is 3.54. The van der Waals surface area contributed by atoms with Crippen LogP contribution in [0.4, 0.5) is 0 Å². The first kappa shape index (κ1) is 19.4. The van der Waals surface area contributed by atoms with Gasteiger partial charge in [0.15, 0.2) is 10.9 Å². The van der Waals surface area contributed by atoms with Gasteiger partial charge in [-0.3, -0.25) is 4.98 Å². The minimum atomic E-state index is -3.59. The van der Waals surface area contributed by atoms with E-state index in [1.807, 2.05) is 12.1 Å². The van der Waals surface area contributed by atoms with Crippen LogP contribution in [0.1, 0.15) is 37.9 Å². The maximum Gasteiger partial charge on any atom is 0.262 e. The molecule has 2 aliphatic rings. The maximum atomic E-state index is 13.0. The number of aryl methyl sites for hydroxylation is 1. The molecule has 30 heavy (non-hydrogen) atoms. The fraction of sp³-hybridized carbons (Fsp3) is 0.500. The van der Waals surface area contributed by atoms with E-state index in [2.05, 4.69) is 15.1 Å². The maximum absolute atomic E-state index is 13.0. The summed E-state index contributed by atoms with van der Waals surface area (Å²) in [6.07, 6.45) is 11.2. The van der Waals surface area contributed by atoms with Crippen molar-refractivity contribution < 1.29 is 12.9 Å². The number of hydrogen-bond acceptors (Lipinski definition) is 7. The van der Waals surface area contributed by atoms with Crippen LogP contribution in [0.15, 0.2) is 46.6 Å². The van der Waals surface area contributed by atoms with Crippen LogP contribution in [-0.4, -0.2) is 50.5 Å². The first-order valence-corrected chi connectivity index (χ1v) is 11.6. The lowest BCUT2D eigenvalue weighted by atomic mass is 9.74. The Balaban J connectivity index is 1.39. The van der Waals surface area contributed by atoms with Gasteiger partial charge in [-0.15, -0.1) is 0 Å². The zero-order valence-corrected chi connectivity index (χ0v) is 17.6. The average molecular weight is 429 g/mol. The van der Waals surface area contributed by atoms with Gasteiger partial charge < -0.3 is 9.09 Å². The fourth-order valence-electron chi connectivity index (χ4n) is 4.25. The van der Waals surface area contributed by atoms with Gasteiger partial charge in [-0.1, -0.05) is 18.0 Å². The molecule has 5 rings (SSSR count).